The topological polar surface area (TPSA) is 108 Å². The first-order valence-corrected chi connectivity index (χ1v) is 14.3. The van der Waals surface area contributed by atoms with Crippen molar-refractivity contribution in [1.29, 1.82) is 0 Å². The number of aromatic amines is 1. The van der Waals surface area contributed by atoms with Crippen molar-refractivity contribution in [2.24, 2.45) is 0 Å². The SMILES string of the molecule is COP(=O)(OC)c1ccc(Oc2nc(C3CCOCC3)c(-c3ccnc(C)c3)c3cc4cn[nH]c4cc23)cc1. The fourth-order valence-corrected chi connectivity index (χ4v) is 6.27. The molecule has 0 spiro atoms. The lowest BCUT2D eigenvalue weighted by Crippen LogP contribution is -2.16. The number of aromatic nitrogens is 4. The second kappa shape index (κ2) is 10.5. The molecule has 1 saturated heterocycles. The lowest BCUT2D eigenvalue weighted by atomic mass is 9.87. The Kier molecular flexibility index (Phi) is 6.91. The Labute approximate surface area is 226 Å². The zero-order valence-electron chi connectivity index (χ0n) is 22.0. The van der Waals surface area contributed by atoms with Gasteiger partial charge in [-0.05, 0) is 79.2 Å². The number of benzene rings is 2. The molecule has 9 nitrogen and oxygen atoms in total. The molecule has 2 aromatic carbocycles. The summed E-state index contributed by atoms with van der Waals surface area (Å²) in [5, 5.41) is 10.7. The van der Waals surface area contributed by atoms with Crippen LogP contribution in [0.5, 0.6) is 11.6 Å². The van der Waals surface area contributed by atoms with Gasteiger partial charge in [0.05, 0.1) is 22.7 Å². The summed E-state index contributed by atoms with van der Waals surface area (Å²) >= 11 is 0. The maximum atomic E-state index is 12.8. The van der Waals surface area contributed by atoms with Crippen molar-refractivity contribution in [3.8, 4) is 22.8 Å². The minimum atomic E-state index is -3.37. The summed E-state index contributed by atoms with van der Waals surface area (Å²) < 4.78 is 35.2. The van der Waals surface area contributed by atoms with Crippen LogP contribution in [0.4, 0.5) is 0 Å². The van der Waals surface area contributed by atoms with Crippen LogP contribution in [0.25, 0.3) is 32.8 Å². The second-order valence-corrected chi connectivity index (χ2v) is 11.8. The monoisotopic (exact) mass is 544 g/mol. The van der Waals surface area contributed by atoms with Crippen LogP contribution in [0.15, 0.2) is 60.9 Å². The van der Waals surface area contributed by atoms with Crippen molar-refractivity contribution in [3.05, 3.63) is 72.3 Å². The highest BCUT2D eigenvalue weighted by atomic mass is 31.2. The summed E-state index contributed by atoms with van der Waals surface area (Å²) in [7, 11) is -0.634. The molecule has 6 rings (SSSR count). The van der Waals surface area contributed by atoms with Crippen LogP contribution in [0.3, 0.4) is 0 Å². The van der Waals surface area contributed by atoms with Gasteiger partial charge in [0.2, 0.25) is 5.88 Å². The van der Waals surface area contributed by atoms with E-state index in [9.17, 15) is 4.57 Å². The maximum absolute atomic E-state index is 12.8. The van der Waals surface area contributed by atoms with Crippen LogP contribution in [0.2, 0.25) is 0 Å². The highest BCUT2D eigenvalue weighted by Crippen LogP contribution is 2.46. The van der Waals surface area contributed by atoms with Crippen LogP contribution in [-0.4, -0.2) is 47.6 Å². The van der Waals surface area contributed by atoms with E-state index in [1.54, 1.807) is 24.3 Å². The smallest absolute Gasteiger partial charge is 0.360 e. The zero-order valence-corrected chi connectivity index (χ0v) is 22.9. The Hall–Kier alpha value is -3.62. The van der Waals surface area contributed by atoms with Gasteiger partial charge in [-0.25, -0.2) is 4.98 Å². The summed E-state index contributed by atoms with van der Waals surface area (Å²) in [6, 6.07) is 15.2. The zero-order chi connectivity index (χ0) is 27.0. The largest absolute Gasteiger partial charge is 0.438 e. The molecule has 0 bridgehead atoms. The van der Waals surface area contributed by atoms with E-state index >= 15 is 0 Å². The van der Waals surface area contributed by atoms with E-state index in [4.69, 9.17) is 23.5 Å². The molecule has 3 aromatic heterocycles. The van der Waals surface area contributed by atoms with Crippen LogP contribution in [-0.2, 0) is 18.3 Å². The van der Waals surface area contributed by atoms with Crippen molar-refractivity contribution in [1.82, 2.24) is 20.2 Å². The van der Waals surface area contributed by atoms with Gasteiger partial charge in [-0.2, -0.15) is 5.10 Å². The molecule has 4 heterocycles. The van der Waals surface area contributed by atoms with E-state index < -0.39 is 7.60 Å². The predicted molar refractivity (Wildman–Crippen MR) is 150 cm³/mol. The first-order chi connectivity index (χ1) is 19.0. The number of nitrogens with one attached hydrogen (secondary N) is 1. The maximum Gasteiger partial charge on any atom is 0.360 e. The highest BCUT2D eigenvalue weighted by molar-refractivity contribution is 7.62. The Morgan fingerprint density at radius 1 is 1.00 bits per heavy atom. The number of aryl methyl sites for hydroxylation is 1. The number of rotatable bonds is 7. The van der Waals surface area contributed by atoms with Crippen LogP contribution in [0.1, 0.15) is 30.1 Å². The van der Waals surface area contributed by atoms with E-state index in [-0.39, 0.29) is 5.92 Å². The summed E-state index contributed by atoms with van der Waals surface area (Å²) in [4.78, 5) is 9.61. The molecule has 0 aliphatic carbocycles. The van der Waals surface area contributed by atoms with Gasteiger partial charge in [0.15, 0.2) is 0 Å². The second-order valence-electron chi connectivity index (χ2n) is 9.56. The normalized spacial score (nSPS) is 14.7. The summed E-state index contributed by atoms with van der Waals surface area (Å²) in [5.41, 5.74) is 4.95. The van der Waals surface area contributed by atoms with Crippen LogP contribution >= 0.6 is 7.60 Å². The molecule has 39 heavy (non-hydrogen) atoms. The average Bonchev–Trinajstić information content (AvgIpc) is 3.44. The van der Waals surface area contributed by atoms with Gasteiger partial charge in [-0.15, -0.1) is 0 Å². The van der Waals surface area contributed by atoms with Crippen molar-refractivity contribution in [2.75, 3.05) is 27.4 Å². The lowest BCUT2D eigenvalue weighted by molar-refractivity contribution is 0.0845. The molecule has 0 saturated carbocycles. The number of nitrogens with zero attached hydrogens (tertiary/aromatic N) is 3. The van der Waals surface area contributed by atoms with Crippen LogP contribution < -0.4 is 10.0 Å². The number of ether oxygens (including phenoxy) is 2. The molecule has 1 aliphatic rings. The van der Waals surface area contributed by atoms with E-state index in [0.29, 0.717) is 30.1 Å². The van der Waals surface area contributed by atoms with E-state index in [0.717, 1.165) is 57.0 Å². The fraction of sp³-hybridized carbons (Fsp3) is 0.276. The third-order valence-corrected chi connectivity index (χ3v) is 9.09. The van der Waals surface area contributed by atoms with Gasteiger partial charge < -0.3 is 18.5 Å². The van der Waals surface area contributed by atoms with Gasteiger partial charge in [0.25, 0.3) is 0 Å². The van der Waals surface area contributed by atoms with Crippen molar-refractivity contribution in [3.63, 3.8) is 0 Å². The molecule has 0 radical (unpaired) electrons. The molecule has 200 valence electrons. The Balaban J connectivity index is 1.55. The van der Waals surface area contributed by atoms with Crippen LogP contribution in [0, 0.1) is 6.92 Å². The Morgan fingerprint density at radius 3 is 2.49 bits per heavy atom. The standard InChI is InChI=1S/C29H29N4O5P/c1-18-14-20(8-11-30-18)27-24-15-21-17-31-33-26(21)16-25(24)29(32-28(27)19-9-12-37-13-10-19)38-22-4-6-23(7-5-22)39(34,35-2)36-3/h4-8,11,14-17,19H,9-10,12-13H2,1-3H3,(H,31,33). The molecule has 1 fully saturated rings. The fourth-order valence-electron chi connectivity index (χ4n) is 5.18. The van der Waals surface area contributed by atoms with Gasteiger partial charge >= 0.3 is 7.60 Å². The number of H-pyrrole nitrogens is 1. The predicted octanol–water partition coefficient (Wildman–Crippen LogP) is 6.28. The van der Waals surface area contributed by atoms with Crippen molar-refractivity contribution >= 4 is 34.6 Å². The van der Waals surface area contributed by atoms with E-state index in [2.05, 4.69) is 27.3 Å². The highest BCUT2D eigenvalue weighted by Gasteiger charge is 2.27. The minimum absolute atomic E-state index is 0.214. The summed E-state index contributed by atoms with van der Waals surface area (Å²) in [6.45, 7) is 3.38. The van der Waals surface area contributed by atoms with E-state index in [1.807, 2.05) is 31.5 Å². The number of hydrogen-bond donors (Lipinski definition) is 1. The Morgan fingerprint density at radius 2 is 1.77 bits per heavy atom. The summed E-state index contributed by atoms with van der Waals surface area (Å²) in [5.74, 6) is 1.26. The first kappa shape index (κ1) is 25.6. The molecule has 10 heteroatoms. The summed E-state index contributed by atoms with van der Waals surface area (Å²) in [6.07, 6.45) is 5.42. The minimum Gasteiger partial charge on any atom is -0.438 e. The number of hydrogen-bond acceptors (Lipinski definition) is 8. The molecule has 5 aromatic rings. The lowest BCUT2D eigenvalue weighted by Gasteiger charge is -2.26. The molecule has 1 aliphatic heterocycles. The Bertz CT molecular complexity index is 1690. The van der Waals surface area contributed by atoms with Crippen molar-refractivity contribution in [2.45, 2.75) is 25.7 Å². The molecule has 0 unspecified atom stereocenters. The molecule has 0 atom stereocenters. The third kappa shape index (κ3) is 4.83. The molecular formula is C29H29N4O5P. The van der Waals surface area contributed by atoms with Gasteiger partial charge in [-0.1, -0.05) is 0 Å². The molecule has 1 N–H and O–H groups in total. The number of fused-ring (bicyclic) bond motifs is 2. The average molecular weight is 545 g/mol. The van der Waals surface area contributed by atoms with Gasteiger partial charge in [0, 0.05) is 61.6 Å². The number of pyridine rings is 2. The third-order valence-electron chi connectivity index (χ3n) is 7.20. The van der Waals surface area contributed by atoms with Gasteiger partial charge in [-0.3, -0.25) is 14.6 Å². The molecule has 0 amide bonds. The van der Waals surface area contributed by atoms with Gasteiger partial charge in [0.1, 0.15) is 5.75 Å². The first-order valence-electron chi connectivity index (χ1n) is 12.8. The molecular weight excluding hydrogens is 515 g/mol. The van der Waals surface area contributed by atoms with E-state index in [1.165, 1.54) is 14.2 Å². The van der Waals surface area contributed by atoms with Crippen molar-refractivity contribution < 1.29 is 23.1 Å². The quantitative estimate of drug-likeness (QED) is 0.239.